The third-order valence-electron chi connectivity index (χ3n) is 4.05. The molecule has 1 unspecified atom stereocenters. The highest BCUT2D eigenvalue weighted by molar-refractivity contribution is 8.01. The smallest absolute Gasteiger partial charge is 0.146 e. The Morgan fingerprint density at radius 1 is 0.889 bits per heavy atom. The summed E-state index contributed by atoms with van der Waals surface area (Å²) < 4.78 is 16.2. The predicted octanol–water partition coefficient (Wildman–Crippen LogP) is 4.97. The second kappa shape index (κ2) is 7.34. The van der Waals surface area contributed by atoms with Crippen LogP contribution in [0.2, 0.25) is 0 Å². The number of nitrogens with zero attached hydrogens (tertiary/aromatic N) is 2. The van der Waals surface area contributed by atoms with Crippen LogP contribution in [0, 0.1) is 0 Å². The highest BCUT2D eigenvalue weighted by Gasteiger charge is 2.17. The Kier molecular flexibility index (Phi) is 4.75. The van der Waals surface area contributed by atoms with Gasteiger partial charge in [0.2, 0.25) is 0 Å². The van der Waals surface area contributed by atoms with Crippen LogP contribution in [0.5, 0.6) is 0 Å². The SMILES string of the molecule is C=S(=O)(Nc1ncccc1-c1scnc1-c1ccccc1)c1ccccc1. The summed E-state index contributed by atoms with van der Waals surface area (Å²) in [5.74, 6) is 4.43. The summed E-state index contributed by atoms with van der Waals surface area (Å²) in [5.41, 5.74) is 4.58. The Labute approximate surface area is 162 Å². The molecule has 134 valence electrons. The first kappa shape index (κ1) is 17.5. The van der Waals surface area contributed by atoms with Crippen LogP contribution in [0.4, 0.5) is 5.82 Å². The summed E-state index contributed by atoms with van der Waals surface area (Å²) in [6.45, 7) is 0. The molecule has 0 fully saturated rings. The first-order chi connectivity index (χ1) is 13.1. The fourth-order valence-electron chi connectivity index (χ4n) is 2.76. The van der Waals surface area contributed by atoms with Gasteiger partial charge in [-0.1, -0.05) is 48.5 Å². The van der Waals surface area contributed by atoms with Crippen molar-refractivity contribution in [2.75, 3.05) is 4.72 Å². The van der Waals surface area contributed by atoms with Crippen molar-refractivity contribution in [3.8, 4) is 21.7 Å². The van der Waals surface area contributed by atoms with Gasteiger partial charge in [0.05, 0.1) is 25.8 Å². The van der Waals surface area contributed by atoms with Gasteiger partial charge < -0.3 is 0 Å². The first-order valence-corrected chi connectivity index (χ1v) is 10.9. The number of pyridine rings is 1. The molecule has 0 saturated carbocycles. The van der Waals surface area contributed by atoms with Crippen LogP contribution in [-0.4, -0.2) is 20.0 Å². The minimum atomic E-state index is -2.73. The van der Waals surface area contributed by atoms with Crippen molar-refractivity contribution in [1.82, 2.24) is 9.97 Å². The molecular weight excluding hydrogens is 374 g/mol. The van der Waals surface area contributed by atoms with E-state index in [2.05, 4.69) is 20.6 Å². The van der Waals surface area contributed by atoms with Crippen LogP contribution in [0.1, 0.15) is 0 Å². The van der Waals surface area contributed by atoms with E-state index < -0.39 is 9.71 Å². The summed E-state index contributed by atoms with van der Waals surface area (Å²) in [5, 5.41) is 0. The van der Waals surface area contributed by atoms with E-state index in [1.165, 1.54) is 11.3 Å². The Bertz CT molecular complexity index is 1150. The van der Waals surface area contributed by atoms with E-state index in [9.17, 15) is 4.21 Å². The van der Waals surface area contributed by atoms with Crippen molar-refractivity contribution in [3.05, 3.63) is 84.5 Å². The van der Waals surface area contributed by atoms with Gasteiger partial charge in [0.25, 0.3) is 0 Å². The summed E-state index contributed by atoms with van der Waals surface area (Å²) in [4.78, 5) is 10.6. The topological polar surface area (TPSA) is 54.9 Å². The molecule has 4 nitrogen and oxygen atoms in total. The van der Waals surface area contributed by atoms with E-state index in [4.69, 9.17) is 0 Å². The van der Waals surface area contributed by atoms with Crippen LogP contribution in [0.15, 0.2) is 89.4 Å². The third kappa shape index (κ3) is 3.63. The zero-order valence-corrected chi connectivity index (χ0v) is 16.0. The first-order valence-electron chi connectivity index (χ1n) is 8.29. The normalized spacial score (nSPS) is 13.0. The zero-order valence-electron chi connectivity index (χ0n) is 14.4. The summed E-state index contributed by atoms with van der Waals surface area (Å²) >= 11 is 1.53. The minimum Gasteiger partial charge on any atom is -0.293 e. The van der Waals surface area contributed by atoms with Crippen molar-refractivity contribution in [2.24, 2.45) is 0 Å². The number of anilines is 1. The summed E-state index contributed by atoms with van der Waals surface area (Å²) in [7, 11) is -2.73. The fourth-order valence-corrected chi connectivity index (χ4v) is 4.79. The Balaban J connectivity index is 1.77. The Morgan fingerprint density at radius 2 is 1.59 bits per heavy atom. The molecule has 0 bridgehead atoms. The maximum absolute atomic E-state index is 13.2. The molecule has 0 saturated heterocycles. The molecular formula is C21H17N3OS2. The van der Waals surface area contributed by atoms with Crippen LogP contribution >= 0.6 is 11.3 Å². The minimum absolute atomic E-state index is 0.530. The van der Waals surface area contributed by atoms with Gasteiger partial charge >= 0.3 is 0 Å². The highest BCUT2D eigenvalue weighted by Crippen LogP contribution is 2.38. The van der Waals surface area contributed by atoms with Crippen LogP contribution < -0.4 is 4.72 Å². The average molecular weight is 392 g/mol. The lowest BCUT2D eigenvalue weighted by Crippen LogP contribution is -2.14. The molecule has 6 heteroatoms. The number of benzene rings is 2. The third-order valence-corrected chi connectivity index (χ3v) is 6.47. The molecule has 27 heavy (non-hydrogen) atoms. The standard InChI is InChI=1S/C21H17N3OS2/c1-27(25,17-11-6-3-7-12-17)24-21-18(13-8-14-22-21)20-19(23-15-26-20)16-9-4-2-5-10-16/h2-15H,1H2,(H,22,24,25). The molecule has 1 N–H and O–H groups in total. The lowest BCUT2D eigenvalue weighted by atomic mass is 10.1. The van der Waals surface area contributed by atoms with E-state index in [1.54, 1.807) is 18.3 Å². The largest absolute Gasteiger partial charge is 0.293 e. The van der Waals surface area contributed by atoms with Crippen molar-refractivity contribution in [2.45, 2.75) is 4.90 Å². The zero-order chi connectivity index (χ0) is 18.7. The number of hydrogen-bond donors (Lipinski definition) is 1. The van der Waals surface area contributed by atoms with E-state index in [1.807, 2.05) is 66.2 Å². The van der Waals surface area contributed by atoms with E-state index >= 15 is 0 Å². The van der Waals surface area contributed by atoms with Gasteiger partial charge in [-0.2, -0.15) is 0 Å². The highest BCUT2D eigenvalue weighted by atomic mass is 32.2. The monoisotopic (exact) mass is 391 g/mol. The fraction of sp³-hybridized carbons (Fsp3) is 0. The quantitative estimate of drug-likeness (QED) is 0.489. The van der Waals surface area contributed by atoms with Crippen LogP contribution in [0.3, 0.4) is 0 Å². The molecule has 0 amide bonds. The Morgan fingerprint density at radius 3 is 2.33 bits per heavy atom. The number of thiazole rings is 1. The van der Waals surface area contributed by atoms with Gasteiger partial charge in [0, 0.05) is 22.2 Å². The number of aromatic nitrogens is 2. The van der Waals surface area contributed by atoms with Gasteiger partial charge in [-0.25, -0.2) is 14.2 Å². The van der Waals surface area contributed by atoms with Gasteiger partial charge in [-0.05, 0) is 30.1 Å². The summed E-state index contributed by atoms with van der Waals surface area (Å²) in [6, 6.07) is 23.0. The van der Waals surface area contributed by atoms with E-state index in [0.717, 1.165) is 21.7 Å². The van der Waals surface area contributed by atoms with Gasteiger partial charge in [0.15, 0.2) is 0 Å². The van der Waals surface area contributed by atoms with Crippen LogP contribution in [0.25, 0.3) is 21.7 Å². The van der Waals surface area contributed by atoms with Gasteiger partial charge in [-0.3, -0.25) is 4.72 Å². The second-order valence-corrected chi connectivity index (χ2v) is 8.77. The van der Waals surface area contributed by atoms with Crippen molar-refractivity contribution >= 4 is 32.7 Å². The predicted molar refractivity (Wildman–Crippen MR) is 114 cm³/mol. The number of hydrogen-bond acceptors (Lipinski definition) is 4. The average Bonchev–Trinajstić information content (AvgIpc) is 3.19. The number of nitrogens with one attached hydrogen (secondary N) is 1. The molecule has 4 rings (SSSR count). The van der Waals surface area contributed by atoms with Crippen molar-refractivity contribution in [1.29, 1.82) is 0 Å². The molecule has 1 atom stereocenters. The second-order valence-electron chi connectivity index (χ2n) is 5.89. The lowest BCUT2D eigenvalue weighted by Gasteiger charge is -2.15. The van der Waals surface area contributed by atoms with Gasteiger partial charge in [-0.15, -0.1) is 11.3 Å². The van der Waals surface area contributed by atoms with Crippen molar-refractivity contribution < 1.29 is 4.21 Å². The molecule has 2 aromatic carbocycles. The molecule has 0 aliphatic heterocycles. The molecule has 4 aromatic rings. The molecule has 0 spiro atoms. The Hall–Kier alpha value is -2.96. The maximum Gasteiger partial charge on any atom is 0.146 e. The van der Waals surface area contributed by atoms with E-state index in [0.29, 0.717) is 10.7 Å². The molecule has 2 heterocycles. The maximum atomic E-state index is 13.2. The number of rotatable bonds is 5. The summed E-state index contributed by atoms with van der Waals surface area (Å²) in [6.07, 6.45) is 1.68. The van der Waals surface area contributed by atoms with Gasteiger partial charge in [0.1, 0.15) is 5.82 Å². The van der Waals surface area contributed by atoms with Crippen molar-refractivity contribution in [3.63, 3.8) is 0 Å². The van der Waals surface area contributed by atoms with Crippen LogP contribution in [-0.2, 0) is 9.71 Å². The molecule has 0 aliphatic rings. The molecule has 0 radical (unpaired) electrons. The molecule has 0 aliphatic carbocycles. The lowest BCUT2D eigenvalue weighted by molar-refractivity contribution is 0.684. The molecule has 2 aromatic heterocycles. The van der Waals surface area contributed by atoms with E-state index in [-0.39, 0.29) is 0 Å².